The molecule has 110 valence electrons. The van der Waals surface area contributed by atoms with Gasteiger partial charge in [-0.05, 0) is 31.5 Å². The van der Waals surface area contributed by atoms with Gasteiger partial charge >= 0.3 is 0 Å². The highest BCUT2D eigenvalue weighted by Crippen LogP contribution is 2.14. The molecule has 5 heteroatoms. The average Bonchev–Trinajstić information content (AvgIpc) is 2.44. The van der Waals surface area contributed by atoms with E-state index >= 15 is 0 Å². The molecule has 4 nitrogen and oxygen atoms in total. The summed E-state index contributed by atoms with van der Waals surface area (Å²) in [4.78, 5) is 16.3. The Hall–Kier alpha value is -2.07. The van der Waals surface area contributed by atoms with Gasteiger partial charge in [-0.1, -0.05) is 41.4 Å². The molecule has 0 fully saturated rings. The number of nitrogens with one attached hydrogen (secondary N) is 2. The number of hydrogen-bond donors (Lipinski definition) is 2. The molecule has 0 saturated carbocycles. The minimum Gasteiger partial charge on any atom is -0.370 e. The Bertz CT molecular complexity index is 643. The van der Waals surface area contributed by atoms with E-state index in [1.54, 1.807) is 12.1 Å². The molecular formula is C16H18ClN3O. The second-order valence-electron chi connectivity index (χ2n) is 4.77. The van der Waals surface area contributed by atoms with Crippen molar-refractivity contribution in [1.29, 1.82) is 0 Å². The summed E-state index contributed by atoms with van der Waals surface area (Å²) in [5.41, 5.74) is 2.73. The second kappa shape index (κ2) is 7.09. The van der Waals surface area contributed by atoms with E-state index in [0.717, 1.165) is 12.1 Å². The summed E-state index contributed by atoms with van der Waals surface area (Å²) in [7, 11) is 0. The molecule has 0 radical (unpaired) electrons. The molecule has 0 unspecified atom stereocenters. The molecule has 0 spiro atoms. The molecule has 2 N–H and O–H groups in total. The number of hydrogen-bond acceptors (Lipinski definition) is 3. The lowest BCUT2D eigenvalue weighted by Gasteiger charge is -2.08. The van der Waals surface area contributed by atoms with Crippen LogP contribution in [0.15, 0.2) is 36.4 Å². The Labute approximate surface area is 129 Å². The molecule has 0 saturated heterocycles. The van der Waals surface area contributed by atoms with Crippen molar-refractivity contribution in [2.45, 2.75) is 20.4 Å². The molecule has 1 aromatic carbocycles. The fourth-order valence-electron chi connectivity index (χ4n) is 2.01. The van der Waals surface area contributed by atoms with Gasteiger partial charge in [0.2, 0.25) is 0 Å². The third-order valence-corrected chi connectivity index (χ3v) is 3.14. The van der Waals surface area contributed by atoms with Crippen LogP contribution in [0.5, 0.6) is 0 Å². The van der Waals surface area contributed by atoms with Gasteiger partial charge in [0.25, 0.3) is 5.91 Å². The molecule has 2 rings (SSSR count). The second-order valence-corrected chi connectivity index (χ2v) is 5.15. The van der Waals surface area contributed by atoms with E-state index in [1.807, 2.05) is 38.1 Å². The molecule has 1 amide bonds. The zero-order valence-electron chi connectivity index (χ0n) is 12.1. The zero-order chi connectivity index (χ0) is 15.2. The van der Waals surface area contributed by atoms with Gasteiger partial charge in [-0.3, -0.25) is 4.79 Å². The van der Waals surface area contributed by atoms with Crippen LogP contribution in [0.1, 0.15) is 28.4 Å². The van der Waals surface area contributed by atoms with Crippen LogP contribution in [-0.4, -0.2) is 17.4 Å². The van der Waals surface area contributed by atoms with Crippen LogP contribution in [0.2, 0.25) is 5.15 Å². The molecule has 0 bridgehead atoms. The van der Waals surface area contributed by atoms with E-state index in [4.69, 9.17) is 11.6 Å². The van der Waals surface area contributed by atoms with Crippen LogP contribution in [0.25, 0.3) is 0 Å². The van der Waals surface area contributed by atoms with Gasteiger partial charge in [0.15, 0.2) is 0 Å². The molecule has 0 aliphatic heterocycles. The number of nitrogens with zero attached hydrogens (tertiary/aromatic N) is 1. The molecule has 0 aliphatic rings. The quantitative estimate of drug-likeness (QED) is 0.832. The maximum absolute atomic E-state index is 12.2. The van der Waals surface area contributed by atoms with E-state index in [9.17, 15) is 4.79 Å². The van der Waals surface area contributed by atoms with Crippen molar-refractivity contribution in [3.05, 3.63) is 58.2 Å². The number of amides is 1. The highest BCUT2D eigenvalue weighted by Gasteiger charge is 2.09. The lowest BCUT2D eigenvalue weighted by molar-refractivity contribution is 0.0951. The summed E-state index contributed by atoms with van der Waals surface area (Å²) in [5.74, 6) is 0.436. The van der Waals surface area contributed by atoms with Crippen molar-refractivity contribution in [1.82, 2.24) is 10.3 Å². The van der Waals surface area contributed by atoms with Gasteiger partial charge in [0.1, 0.15) is 11.0 Å². The minimum absolute atomic E-state index is 0.167. The normalized spacial score (nSPS) is 10.2. The first kappa shape index (κ1) is 15.3. The predicted octanol–water partition coefficient (Wildman–Crippen LogP) is 3.41. The average molecular weight is 304 g/mol. The topological polar surface area (TPSA) is 54.0 Å². The van der Waals surface area contributed by atoms with Crippen LogP contribution in [0, 0.1) is 6.92 Å². The molecule has 2 aromatic rings. The molecule has 0 atom stereocenters. The number of aromatic nitrogens is 1. The van der Waals surface area contributed by atoms with Gasteiger partial charge in [0, 0.05) is 18.7 Å². The van der Waals surface area contributed by atoms with E-state index in [0.29, 0.717) is 23.1 Å². The number of anilines is 1. The Balaban J connectivity index is 2.06. The van der Waals surface area contributed by atoms with Gasteiger partial charge in [-0.2, -0.15) is 0 Å². The first-order chi connectivity index (χ1) is 10.1. The Kier molecular flexibility index (Phi) is 5.17. The first-order valence-electron chi connectivity index (χ1n) is 6.83. The van der Waals surface area contributed by atoms with Crippen molar-refractivity contribution < 1.29 is 4.79 Å². The molecule has 21 heavy (non-hydrogen) atoms. The van der Waals surface area contributed by atoms with Crippen molar-refractivity contribution >= 4 is 23.3 Å². The summed E-state index contributed by atoms with van der Waals surface area (Å²) in [6.45, 7) is 5.19. The molecule has 1 aromatic heterocycles. The van der Waals surface area contributed by atoms with Crippen LogP contribution < -0.4 is 10.6 Å². The van der Waals surface area contributed by atoms with Gasteiger partial charge in [0.05, 0.1) is 0 Å². The van der Waals surface area contributed by atoms with Crippen LogP contribution in [-0.2, 0) is 6.54 Å². The van der Waals surface area contributed by atoms with E-state index < -0.39 is 0 Å². The van der Waals surface area contributed by atoms with Crippen LogP contribution in [0.4, 0.5) is 5.82 Å². The lowest BCUT2D eigenvalue weighted by atomic mass is 10.1. The van der Waals surface area contributed by atoms with Gasteiger partial charge in [-0.25, -0.2) is 4.98 Å². The monoisotopic (exact) mass is 303 g/mol. The largest absolute Gasteiger partial charge is 0.370 e. The number of aryl methyl sites for hydroxylation is 1. The van der Waals surface area contributed by atoms with Crippen molar-refractivity contribution in [2.24, 2.45) is 0 Å². The maximum atomic E-state index is 12.2. The Morgan fingerprint density at radius 2 is 2.10 bits per heavy atom. The highest BCUT2D eigenvalue weighted by atomic mass is 35.5. The van der Waals surface area contributed by atoms with Crippen molar-refractivity contribution in [2.75, 3.05) is 11.9 Å². The first-order valence-corrected chi connectivity index (χ1v) is 7.21. The Morgan fingerprint density at radius 3 is 2.81 bits per heavy atom. The SMILES string of the molecule is CCNc1cc(C(=O)NCc2cccc(C)c2)cc(Cl)n1. The number of rotatable bonds is 5. The number of carbonyl (C=O) groups is 1. The summed E-state index contributed by atoms with van der Waals surface area (Å²) in [6, 6.07) is 11.3. The van der Waals surface area contributed by atoms with E-state index in [-0.39, 0.29) is 5.91 Å². The summed E-state index contributed by atoms with van der Waals surface area (Å²) in [5, 5.41) is 6.24. The van der Waals surface area contributed by atoms with E-state index in [2.05, 4.69) is 15.6 Å². The summed E-state index contributed by atoms with van der Waals surface area (Å²) < 4.78 is 0. The smallest absolute Gasteiger partial charge is 0.251 e. The number of benzene rings is 1. The number of halogens is 1. The van der Waals surface area contributed by atoms with Crippen molar-refractivity contribution in [3.63, 3.8) is 0 Å². The Morgan fingerprint density at radius 1 is 1.29 bits per heavy atom. The molecular weight excluding hydrogens is 286 g/mol. The van der Waals surface area contributed by atoms with Crippen LogP contribution in [0.3, 0.4) is 0 Å². The number of carbonyl (C=O) groups excluding carboxylic acids is 1. The molecule has 0 aliphatic carbocycles. The van der Waals surface area contributed by atoms with Gasteiger partial charge in [-0.15, -0.1) is 0 Å². The third-order valence-electron chi connectivity index (χ3n) is 2.95. The zero-order valence-corrected chi connectivity index (χ0v) is 12.9. The minimum atomic E-state index is -0.167. The number of pyridine rings is 1. The maximum Gasteiger partial charge on any atom is 0.251 e. The van der Waals surface area contributed by atoms with Gasteiger partial charge < -0.3 is 10.6 Å². The highest BCUT2D eigenvalue weighted by molar-refractivity contribution is 6.29. The van der Waals surface area contributed by atoms with E-state index in [1.165, 1.54) is 5.56 Å². The van der Waals surface area contributed by atoms with Crippen LogP contribution >= 0.6 is 11.6 Å². The fourth-order valence-corrected chi connectivity index (χ4v) is 2.21. The van der Waals surface area contributed by atoms with Crippen molar-refractivity contribution in [3.8, 4) is 0 Å². The standard InChI is InChI=1S/C16H18ClN3O/c1-3-18-15-9-13(8-14(17)20-15)16(21)19-10-12-6-4-5-11(2)7-12/h4-9H,3,10H2,1-2H3,(H,18,20)(H,19,21). The fraction of sp³-hybridized carbons (Fsp3) is 0.250. The third kappa shape index (κ3) is 4.46. The summed E-state index contributed by atoms with van der Waals surface area (Å²) >= 11 is 5.94. The lowest BCUT2D eigenvalue weighted by Crippen LogP contribution is -2.23. The predicted molar refractivity (Wildman–Crippen MR) is 85.8 cm³/mol. The summed E-state index contributed by atoms with van der Waals surface area (Å²) in [6.07, 6.45) is 0. The molecule has 1 heterocycles.